The molecule has 33 heavy (non-hydrogen) atoms. The van der Waals surface area contributed by atoms with Crippen molar-refractivity contribution in [3.05, 3.63) is 53.0 Å². The summed E-state index contributed by atoms with van der Waals surface area (Å²) in [4.78, 5) is 15.9. The molecule has 2 N–H and O–H groups in total. The quantitative estimate of drug-likeness (QED) is 0.566. The zero-order valence-electron chi connectivity index (χ0n) is 19.0. The van der Waals surface area contributed by atoms with Gasteiger partial charge in [-0.25, -0.2) is 19.3 Å². The number of halogens is 2. The van der Waals surface area contributed by atoms with E-state index in [0.717, 1.165) is 68.5 Å². The minimum Gasteiger partial charge on any atom is -0.372 e. The Bertz CT molecular complexity index is 1140. The van der Waals surface area contributed by atoms with Crippen LogP contribution < -0.4 is 15.5 Å². The standard InChI is InChI=1S/C24H29ClFN7/c1-15-9-18(3-4-19(15)26)20-13-33(12-16-10-28-11-16)23(31-20)17-5-7-32(8-6-17)24-21(25)22(27-2)29-14-30-24/h3-4,9,13-14,16-17,28H,5-8,10-12H2,1-2H3,(H,27,29,30). The van der Waals surface area contributed by atoms with E-state index in [1.807, 2.05) is 19.2 Å². The maximum atomic E-state index is 13.8. The molecule has 0 atom stereocenters. The van der Waals surface area contributed by atoms with Crippen molar-refractivity contribution in [3.63, 3.8) is 0 Å². The van der Waals surface area contributed by atoms with Gasteiger partial charge in [-0.2, -0.15) is 0 Å². The van der Waals surface area contributed by atoms with Crippen LogP contribution in [0.4, 0.5) is 16.0 Å². The fourth-order valence-corrected chi connectivity index (χ4v) is 5.02. The average molecular weight is 470 g/mol. The zero-order valence-corrected chi connectivity index (χ0v) is 19.7. The van der Waals surface area contributed by atoms with Crippen LogP contribution in [0.3, 0.4) is 0 Å². The molecule has 2 aromatic heterocycles. The fourth-order valence-electron chi connectivity index (χ4n) is 4.71. The van der Waals surface area contributed by atoms with Crippen molar-refractivity contribution in [3.8, 4) is 11.3 Å². The molecule has 0 bridgehead atoms. The summed E-state index contributed by atoms with van der Waals surface area (Å²) in [7, 11) is 1.81. The Morgan fingerprint density at radius 2 is 2.00 bits per heavy atom. The number of imidazole rings is 1. The van der Waals surface area contributed by atoms with E-state index < -0.39 is 0 Å². The topological polar surface area (TPSA) is 70.9 Å². The number of nitrogens with one attached hydrogen (secondary N) is 2. The molecule has 0 aliphatic carbocycles. The fraction of sp³-hybridized carbons (Fsp3) is 0.458. The van der Waals surface area contributed by atoms with E-state index in [0.29, 0.717) is 28.2 Å². The molecule has 2 fully saturated rings. The van der Waals surface area contributed by atoms with Crippen LogP contribution in [0.5, 0.6) is 0 Å². The van der Waals surface area contributed by atoms with Gasteiger partial charge in [-0.05, 0) is 43.5 Å². The zero-order chi connectivity index (χ0) is 22.9. The molecule has 174 valence electrons. The number of rotatable bonds is 6. The molecule has 2 aliphatic heterocycles. The predicted octanol–water partition coefficient (Wildman–Crippen LogP) is 4.09. The molecule has 0 spiro atoms. The number of piperidine rings is 1. The van der Waals surface area contributed by atoms with Crippen molar-refractivity contribution in [2.45, 2.75) is 32.2 Å². The maximum Gasteiger partial charge on any atom is 0.153 e. The van der Waals surface area contributed by atoms with E-state index in [9.17, 15) is 4.39 Å². The van der Waals surface area contributed by atoms with Crippen molar-refractivity contribution >= 4 is 23.2 Å². The molecule has 2 aliphatic rings. The number of anilines is 2. The molecule has 7 nitrogen and oxygen atoms in total. The van der Waals surface area contributed by atoms with Gasteiger partial charge >= 0.3 is 0 Å². The molecular formula is C24H29ClFN7. The Labute approximate surface area is 198 Å². The summed E-state index contributed by atoms with van der Waals surface area (Å²) in [6, 6.07) is 5.24. The molecule has 9 heteroatoms. The molecule has 5 rings (SSSR count). The van der Waals surface area contributed by atoms with E-state index in [4.69, 9.17) is 16.6 Å². The third-order valence-electron chi connectivity index (χ3n) is 6.75. The van der Waals surface area contributed by atoms with Gasteiger partial charge in [-0.1, -0.05) is 11.6 Å². The Balaban J connectivity index is 1.38. The summed E-state index contributed by atoms with van der Waals surface area (Å²) in [5, 5.41) is 6.94. The number of aryl methyl sites for hydroxylation is 1. The van der Waals surface area contributed by atoms with Crippen molar-refractivity contribution in [1.29, 1.82) is 0 Å². The molecule has 0 saturated carbocycles. The molecule has 4 heterocycles. The van der Waals surface area contributed by atoms with Crippen LogP contribution in [0.2, 0.25) is 5.02 Å². The highest BCUT2D eigenvalue weighted by Gasteiger charge is 2.29. The van der Waals surface area contributed by atoms with Gasteiger partial charge in [0.2, 0.25) is 0 Å². The largest absolute Gasteiger partial charge is 0.372 e. The minimum absolute atomic E-state index is 0.184. The highest BCUT2D eigenvalue weighted by Crippen LogP contribution is 2.35. The second-order valence-corrected chi connectivity index (χ2v) is 9.37. The number of hydrogen-bond acceptors (Lipinski definition) is 6. The van der Waals surface area contributed by atoms with Crippen molar-refractivity contribution < 1.29 is 4.39 Å². The molecule has 3 aromatic rings. The van der Waals surface area contributed by atoms with Crippen LogP contribution in [-0.2, 0) is 6.54 Å². The SMILES string of the molecule is CNc1ncnc(N2CCC(c3nc(-c4ccc(F)c(C)c4)cn3CC3CNC3)CC2)c1Cl. The average Bonchev–Trinajstić information content (AvgIpc) is 3.22. The highest BCUT2D eigenvalue weighted by molar-refractivity contribution is 6.35. The minimum atomic E-state index is -0.184. The van der Waals surface area contributed by atoms with Crippen molar-refractivity contribution in [2.24, 2.45) is 5.92 Å². The third-order valence-corrected chi connectivity index (χ3v) is 7.10. The molecular weight excluding hydrogens is 441 g/mol. The first-order chi connectivity index (χ1) is 16.0. The third kappa shape index (κ3) is 4.42. The lowest BCUT2D eigenvalue weighted by atomic mass is 9.95. The Kier molecular flexibility index (Phi) is 6.21. The van der Waals surface area contributed by atoms with E-state index >= 15 is 0 Å². The summed E-state index contributed by atoms with van der Waals surface area (Å²) >= 11 is 6.52. The first-order valence-electron chi connectivity index (χ1n) is 11.5. The highest BCUT2D eigenvalue weighted by atomic mass is 35.5. The van der Waals surface area contributed by atoms with Gasteiger partial charge in [-0.15, -0.1) is 0 Å². The van der Waals surface area contributed by atoms with Crippen molar-refractivity contribution in [1.82, 2.24) is 24.8 Å². The first kappa shape index (κ1) is 22.1. The number of benzene rings is 1. The van der Waals surface area contributed by atoms with Gasteiger partial charge < -0.3 is 20.1 Å². The van der Waals surface area contributed by atoms with E-state index in [-0.39, 0.29) is 5.82 Å². The van der Waals surface area contributed by atoms with E-state index in [2.05, 4.69) is 36.3 Å². The molecule has 0 radical (unpaired) electrons. The monoisotopic (exact) mass is 469 g/mol. The Morgan fingerprint density at radius 3 is 2.67 bits per heavy atom. The lowest BCUT2D eigenvalue weighted by Crippen LogP contribution is -2.44. The van der Waals surface area contributed by atoms with Crippen molar-refractivity contribution in [2.75, 3.05) is 43.4 Å². The number of nitrogens with zero attached hydrogens (tertiary/aromatic N) is 5. The summed E-state index contributed by atoms with van der Waals surface area (Å²) in [6.07, 6.45) is 5.64. The van der Waals surface area contributed by atoms with Crippen LogP contribution >= 0.6 is 11.6 Å². The van der Waals surface area contributed by atoms with E-state index in [1.54, 1.807) is 13.3 Å². The van der Waals surface area contributed by atoms with Gasteiger partial charge in [0.1, 0.15) is 28.8 Å². The predicted molar refractivity (Wildman–Crippen MR) is 129 cm³/mol. The van der Waals surface area contributed by atoms with Gasteiger partial charge in [0.25, 0.3) is 0 Å². The summed E-state index contributed by atoms with van der Waals surface area (Å²) < 4.78 is 16.1. The number of aromatic nitrogens is 4. The smallest absolute Gasteiger partial charge is 0.153 e. The van der Waals surface area contributed by atoms with E-state index in [1.165, 1.54) is 6.07 Å². The Hall–Kier alpha value is -2.71. The van der Waals surface area contributed by atoms with Gasteiger partial charge in [-0.3, -0.25) is 0 Å². The summed E-state index contributed by atoms with van der Waals surface area (Å²) in [5.74, 6) is 3.35. The lowest BCUT2D eigenvalue weighted by molar-refractivity contribution is 0.299. The normalized spacial score (nSPS) is 17.3. The van der Waals surface area contributed by atoms with Gasteiger partial charge in [0, 0.05) is 63.4 Å². The first-order valence-corrected chi connectivity index (χ1v) is 11.9. The molecule has 0 unspecified atom stereocenters. The molecule has 0 amide bonds. The van der Waals surface area contributed by atoms with Crippen LogP contribution in [0.15, 0.2) is 30.7 Å². The van der Waals surface area contributed by atoms with Crippen LogP contribution in [-0.4, -0.2) is 52.7 Å². The van der Waals surface area contributed by atoms with Crippen LogP contribution in [0, 0.1) is 18.7 Å². The lowest BCUT2D eigenvalue weighted by Gasteiger charge is -2.34. The molecule has 1 aromatic carbocycles. The summed E-state index contributed by atoms with van der Waals surface area (Å²) in [5.41, 5.74) is 2.52. The van der Waals surface area contributed by atoms with Crippen LogP contribution in [0.1, 0.15) is 30.1 Å². The van der Waals surface area contributed by atoms with Gasteiger partial charge in [0.05, 0.1) is 5.69 Å². The van der Waals surface area contributed by atoms with Gasteiger partial charge in [0.15, 0.2) is 5.82 Å². The molecule has 2 saturated heterocycles. The maximum absolute atomic E-state index is 13.8. The van der Waals surface area contributed by atoms with Crippen LogP contribution in [0.25, 0.3) is 11.3 Å². The second kappa shape index (κ2) is 9.27. The summed E-state index contributed by atoms with van der Waals surface area (Å²) in [6.45, 7) is 6.55. The number of hydrogen-bond donors (Lipinski definition) is 2. The Morgan fingerprint density at radius 1 is 1.21 bits per heavy atom. The second-order valence-electron chi connectivity index (χ2n) is 9.00.